The highest BCUT2D eigenvalue weighted by atomic mass is 16.3. The predicted octanol–water partition coefficient (Wildman–Crippen LogP) is 2.43. The van der Waals surface area contributed by atoms with Crippen LogP contribution in [0, 0.1) is 0 Å². The Labute approximate surface area is 123 Å². The molecule has 0 amide bonds. The quantitative estimate of drug-likeness (QED) is 0.691. The van der Waals surface area contributed by atoms with Gasteiger partial charge in [-0.05, 0) is 48.0 Å². The van der Waals surface area contributed by atoms with E-state index in [0.29, 0.717) is 11.1 Å². The summed E-state index contributed by atoms with van der Waals surface area (Å²) in [7, 11) is 3.86. The molecule has 2 aromatic carbocycles. The van der Waals surface area contributed by atoms with Crippen LogP contribution in [0.2, 0.25) is 0 Å². The molecule has 0 aliphatic carbocycles. The zero-order valence-electron chi connectivity index (χ0n) is 11.9. The average Bonchev–Trinajstić information content (AvgIpc) is 2.46. The molecular formula is C17H16NO3-. The third kappa shape index (κ3) is 3.63. The minimum absolute atomic E-state index is 0.0808. The van der Waals surface area contributed by atoms with Crippen LogP contribution in [0.4, 0.5) is 5.69 Å². The predicted molar refractivity (Wildman–Crippen MR) is 81.7 cm³/mol. The maximum atomic E-state index is 12.0. The highest BCUT2D eigenvalue weighted by molar-refractivity contribution is 6.07. The lowest BCUT2D eigenvalue weighted by Crippen LogP contribution is -2.08. The molecule has 4 nitrogen and oxygen atoms in total. The van der Waals surface area contributed by atoms with Crippen molar-refractivity contribution in [1.82, 2.24) is 0 Å². The van der Waals surface area contributed by atoms with Crippen molar-refractivity contribution in [1.29, 1.82) is 0 Å². The Balaban J connectivity index is 2.15. The van der Waals surface area contributed by atoms with E-state index in [1.807, 2.05) is 31.1 Å². The van der Waals surface area contributed by atoms with Gasteiger partial charge in [-0.2, -0.15) is 0 Å². The maximum Gasteiger partial charge on any atom is 0.185 e. The van der Waals surface area contributed by atoms with E-state index in [0.717, 1.165) is 11.8 Å². The van der Waals surface area contributed by atoms with Crippen molar-refractivity contribution < 1.29 is 15.0 Å². The number of ketones is 1. The van der Waals surface area contributed by atoms with Crippen molar-refractivity contribution in [2.75, 3.05) is 19.0 Å². The second kappa shape index (κ2) is 6.13. The summed E-state index contributed by atoms with van der Waals surface area (Å²) in [5, 5.41) is 20.7. The number of phenols is 1. The van der Waals surface area contributed by atoms with Gasteiger partial charge in [-0.25, -0.2) is 0 Å². The second-order valence-corrected chi connectivity index (χ2v) is 4.86. The zero-order chi connectivity index (χ0) is 15.4. The van der Waals surface area contributed by atoms with Crippen LogP contribution >= 0.6 is 0 Å². The second-order valence-electron chi connectivity index (χ2n) is 4.86. The molecule has 0 radical (unpaired) electrons. The summed E-state index contributed by atoms with van der Waals surface area (Å²) in [6.45, 7) is 0. The van der Waals surface area contributed by atoms with Gasteiger partial charge in [0.2, 0.25) is 0 Å². The number of benzene rings is 2. The van der Waals surface area contributed by atoms with E-state index in [-0.39, 0.29) is 17.3 Å². The fourth-order valence-electron chi connectivity index (χ4n) is 1.85. The van der Waals surface area contributed by atoms with Crippen molar-refractivity contribution in [3.63, 3.8) is 0 Å². The van der Waals surface area contributed by atoms with Crippen LogP contribution in [-0.4, -0.2) is 25.0 Å². The Morgan fingerprint density at radius 2 is 1.81 bits per heavy atom. The molecule has 0 unspecified atom stereocenters. The maximum absolute atomic E-state index is 12.0. The topological polar surface area (TPSA) is 63.6 Å². The monoisotopic (exact) mass is 282 g/mol. The fourth-order valence-corrected chi connectivity index (χ4v) is 1.85. The zero-order valence-corrected chi connectivity index (χ0v) is 11.9. The molecule has 2 aromatic rings. The summed E-state index contributed by atoms with van der Waals surface area (Å²) < 4.78 is 0. The minimum Gasteiger partial charge on any atom is -0.872 e. The summed E-state index contributed by atoms with van der Waals surface area (Å²) in [5.74, 6) is -0.572. The van der Waals surface area contributed by atoms with E-state index in [4.69, 9.17) is 5.11 Å². The summed E-state index contributed by atoms with van der Waals surface area (Å²) in [6.07, 6.45) is 2.82. The molecule has 1 N–H and O–H groups in total. The van der Waals surface area contributed by atoms with Gasteiger partial charge in [0.15, 0.2) is 5.78 Å². The number of carbonyl (C=O) groups is 1. The van der Waals surface area contributed by atoms with Crippen LogP contribution < -0.4 is 10.0 Å². The molecule has 0 heterocycles. The first-order valence-corrected chi connectivity index (χ1v) is 6.47. The lowest BCUT2D eigenvalue weighted by Gasteiger charge is -2.12. The van der Waals surface area contributed by atoms with Crippen LogP contribution in [0.5, 0.6) is 11.5 Å². The molecule has 108 valence electrons. The van der Waals surface area contributed by atoms with E-state index in [1.54, 1.807) is 12.1 Å². The first-order chi connectivity index (χ1) is 9.97. The molecule has 2 rings (SSSR count). The van der Waals surface area contributed by atoms with E-state index < -0.39 is 0 Å². The minimum atomic E-state index is -0.318. The van der Waals surface area contributed by atoms with Gasteiger partial charge in [0.25, 0.3) is 0 Å². The van der Waals surface area contributed by atoms with Gasteiger partial charge in [0.1, 0.15) is 5.75 Å². The number of hydrogen-bond donors (Lipinski definition) is 1. The van der Waals surface area contributed by atoms with Gasteiger partial charge in [0, 0.05) is 25.3 Å². The Morgan fingerprint density at radius 3 is 2.38 bits per heavy atom. The number of nitrogens with zero attached hydrogens (tertiary/aromatic N) is 1. The molecule has 0 fully saturated rings. The summed E-state index contributed by atoms with van der Waals surface area (Å²) in [5.41, 5.74) is 1.94. The Kier molecular flexibility index (Phi) is 4.28. The Morgan fingerprint density at radius 1 is 1.14 bits per heavy atom. The van der Waals surface area contributed by atoms with Gasteiger partial charge in [-0.15, -0.1) is 0 Å². The van der Waals surface area contributed by atoms with Crippen LogP contribution in [0.1, 0.15) is 15.9 Å². The lowest BCUT2D eigenvalue weighted by atomic mass is 10.1. The molecule has 0 aliphatic rings. The molecule has 0 spiro atoms. The number of phenolic OH excluding ortho intramolecular Hbond substituents is 1. The molecule has 0 aromatic heterocycles. The first kappa shape index (κ1) is 14.7. The highest BCUT2D eigenvalue weighted by Gasteiger charge is 2.02. The largest absolute Gasteiger partial charge is 0.872 e. The van der Waals surface area contributed by atoms with Gasteiger partial charge in [-0.3, -0.25) is 4.79 Å². The summed E-state index contributed by atoms with van der Waals surface area (Å²) >= 11 is 0. The third-order valence-electron chi connectivity index (χ3n) is 3.08. The van der Waals surface area contributed by atoms with Gasteiger partial charge in [0.05, 0.1) is 0 Å². The molecule has 0 bridgehead atoms. The smallest absolute Gasteiger partial charge is 0.185 e. The van der Waals surface area contributed by atoms with E-state index in [2.05, 4.69) is 0 Å². The Bertz CT molecular complexity index is 673. The number of rotatable bonds is 4. The normalized spacial score (nSPS) is 10.8. The SMILES string of the molecule is CN(C)c1ccc(C(=O)/C=C/c2ccc(O)cc2[O-])cc1. The molecule has 0 saturated carbocycles. The van der Waals surface area contributed by atoms with Gasteiger partial charge >= 0.3 is 0 Å². The van der Waals surface area contributed by atoms with Crippen LogP contribution in [0.3, 0.4) is 0 Å². The molecule has 4 heteroatoms. The van der Waals surface area contributed by atoms with Crippen LogP contribution in [0.25, 0.3) is 6.08 Å². The van der Waals surface area contributed by atoms with Crippen molar-refractivity contribution in [2.24, 2.45) is 0 Å². The first-order valence-electron chi connectivity index (χ1n) is 6.47. The fraction of sp³-hybridized carbons (Fsp3) is 0.118. The molecule has 21 heavy (non-hydrogen) atoms. The van der Waals surface area contributed by atoms with E-state index >= 15 is 0 Å². The van der Waals surface area contributed by atoms with E-state index in [1.165, 1.54) is 24.3 Å². The van der Waals surface area contributed by atoms with Crippen molar-refractivity contribution >= 4 is 17.5 Å². The molecule has 0 aliphatic heterocycles. The summed E-state index contributed by atoms with van der Waals surface area (Å²) in [6, 6.07) is 11.2. The van der Waals surface area contributed by atoms with Gasteiger partial charge in [-0.1, -0.05) is 17.9 Å². The number of anilines is 1. The third-order valence-corrected chi connectivity index (χ3v) is 3.08. The Hall–Kier alpha value is -2.75. The standard InChI is InChI=1S/C17H17NO3/c1-18(2)14-7-3-12(4-8-14)16(20)10-6-13-5-9-15(19)11-17(13)21/h3-11,19,21H,1-2H3/p-1/b10-6+. The van der Waals surface area contributed by atoms with Crippen molar-refractivity contribution in [2.45, 2.75) is 0 Å². The molecular weight excluding hydrogens is 266 g/mol. The van der Waals surface area contributed by atoms with Crippen LogP contribution in [-0.2, 0) is 0 Å². The number of hydrogen-bond acceptors (Lipinski definition) is 4. The summed E-state index contributed by atoms with van der Waals surface area (Å²) in [4.78, 5) is 14.0. The highest BCUT2D eigenvalue weighted by Crippen LogP contribution is 2.21. The van der Waals surface area contributed by atoms with E-state index in [9.17, 15) is 9.90 Å². The molecule has 0 saturated heterocycles. The lowest BCUT2D eigenvalue weighted by molar-refractivity contribution is -0.268. The number of aromatic hydroxyl groups is 1. The van der Waals surface area contributed by atoms with Crippen molar-refractivity contribution in [3.05, 3.63) is 59.7 Å². The molecule has 0 atom stereocenters. The average molecular weight is 282 g/mol. The number of allylic oxidation sites excluding steroid dienone is 1. The number of carbonyl (C=O) groups excluding carboxylic acids is 1. The van der Waals surface area contributed by atoms with Crippen LogP contribution in [0.15, 0.2) is 48.5 Å². The van der Waals surface area contributed by atoms with Crippen molar-refractivity contribution in [3.8, 4) is 11.5 Å². The van der Waals surface area contributed by atoms with Gasteiger partial charge < -0.3 is 15.1 Å².